The first-order valence-corrected chi connectivity index (χ1v) is 17.2. The zero-order valence-electron chi connectivity index (χ0n) is 24.5. The predicted octanol–water partition coefficient (Wildman–Crippen LogP) is 8.63. The second kappa shape index (κ2) is 13.8. The van der Waals surface area contributed by atoms with Gasteiger partial charge < -0.3 is 10.2 Å². The molecule has 42 heavy (non-hydrogen) atoms. The second-order valence-electron chi connectivity index (χ2n) is 13.3. The number of halogens is 6. The van der Waals surface area contributed by atoms with Gasteiger partial charge in [-0.05, 0) is 97.3 Å². The average molecular weight is 625 g/mol. The van der Waals surface area contributed by atoms with Crippen molar-refractivity contribution in [2.45, 2.75) is 127 Å². The van der Waals surface area contributed by atoms with Crippen molar-refractivity contribution >= 4 is 10.8 Å². The Morgan fingerprint density at radius 3 is 2.31 bits per heavy atom. The largest absolute Gasteiger partial charge is 0.508 e. The fourth-order valence-corrected chi connectivity index (χ4v) is 9.46. The topological polar surface area (TPSA) is 57.5 Å². The van der Waals surface area contributed by atoms with Crippen LogP contribution in [0.3, 0.4) is 0 Å². The zero-order chi connectivity index (χ0) is 30.7. The van der Waals surface area contributed by atoms with Crippen LogP contribution in [0.15, 0.2) is 18.2 Å². The van der Waals surface area contributed by atoms with Crippen molar-refractivity contribution in [3.8, 4) is 5.75 Å². The predicted molar refractivity (Wildman–Crippen MR) is 153 cm³/mol. The third kappa shape index (κ3) is 7.49. The Morgan fingerprint density at radius 2 is 1.62 bits per heavy atom. The molecule has 1 aromatic rings. The van der Waals surface area contributed by atoms with E-state index in [-0.39, 0.29) is 22.8 Å². The summed E-state index contributed by atoms with van der Waals surface area (Å²) in [5.74, 6) is -3.05. The molecule has 3 aliphatic rings. The fourth-order valence-electron chi connectivity index (χ4n) is 8.26. The Kier molecular flexibility index (Phi) is 11.0. The molecule has 2 N–H and O–H groups in total. The Balaban J connectivity index is 1.17. The van der Waals surface area contributed by atoms with E-state index >= 15 is 0 Å². The van der Waals surface area contributed by atoms with Crippen molar-refractivity contribution in [3.05, 3.63) is 29.3 Å². The molecular formula is C32H46F6O3S. The maximum atomic E-state index is 14.8. The van der Waals surface area contributed by atoms with Crippen molar-refractivity contribution in [1.82, 2.24) is 0 Å². The molecular weight excluding hydrogens is 578 g/mol. The number of phenols is 1. The first-order valence-electron chi connectivity index (χ1n) is 15.7. The Hall–Kier alpha value is -1.29. The van der Waals surface area contributed by atoms with Crippen LogP contribution in [0.25, 0.3) is 0 Å². The summed E-state index contributed by atoms with van der Waals surface area (Å²) in [5.41, 5.74) is 2.10. The van der Waals surface area contributed by atoms with Gasteiger partial charge in [0.15, 0.2) is 0 Å². The number of phenolic OH excluding ortho intramolecular Hbond substituents is 1. The molecule has 1 aromatic carbocycles. The first kappa shape index (κ1) is 33.6. The summed E-state index contributed by atoms with van der Waals surface area (Å²) in [5, 5.41) is 20.9. The quantitative estimate of drug-likeness (QED) is 0.161. The highest BCUT2D eigenvalue weighted by molar-refractivity contribution is 7.84. The third-order valence-corrected chi connectivity index (χ3v) is 12.0. The molecule has 1 unspecified atom stereocenters. The van der Waals surface area contributed by atoms with Gasteiger partial charge in [-0.1, -0.05) is 51.5 Å². The number of aliphatic hydroxyl groups excluding tert-OH is 1. The van der Waals surface area contributed by atoms with Crippen molar-refractivity contribution in [1.29, 1.82) is 0 Å². The van der Waals surface area contributed by atoms with Gasteiger partial charge in [-0.15, -0.1) is 0 Å². The summed E-state index contributed by atoms with van der Waals surface area (Å²) in [4.78, 5) is 0. The molecule has 0 bridgehead atoms. The van der Waals surface area contributed by atoms with Gasteiger partial charge in [-0.3, -0.25) is 4.21 Å². The maximum absolute atomic E-state index is 14.8. The number of rotatable bonds is 14. The minimum absolute atomic E-state index is 0.135. The number of hydrogen-bond acceptors (Lipinski definition) is 3. The Bertz CT molecular complexity index is 1070. The van der Waals surface area contributed by atoms with Crippen LogP contribution in [0.2, 0.25) is 0 Å². The van der Waals surface area contributed by atoms with E-state index < -0.39 is 48.0 Å². The number of alkyl halides is 6. The number of unbranched alkanes of at least 4 members (excludes halogenated alkanes) is 6. The van der Waals surface area contributed by atoms with E-state index in [4.69, 9.17) is 0 Å². The van der Waals surface area contributed by atoms with E-state index in [9.17, 15) is 40.8 Å². The molecule has 2 fully saturated rings. The molecule has 4 rings (SSSR count). The number of aliphatic hydroxyl groups is 1. The molecule has 3 aliphatic carbocycles. The molecule has 240 valence electrons. The SMILES string of the molecule is C[C@]12CC[C@@H]3c4ccc(O)cc4C[C@@H](CCCCCCCCCS(=O)CCCC(F)(F)C(F)(F)F)[C@H]3[C@@H]1C[C@@H](F)[C@@H]2O. The molecule has 2 saturated carbocycles. The molecule has 3 nitrogen and oxygen atoms in total. The van der Waals surface area contributed by atoms with Gasteiger partial charge in [0.2, 0.25) is 0 Å². The van der Waals surface area contributed by atoms with Crippen LogP contribution in [-0.2, 0) is 17.2 Å². The van der Waals surface area contributed by atoms with E-state index in [1.165, 1.54) is 11.1 Å². The lowest BCUT2D eigenvalue weighted by atomic mass is 9.52. The van der Waals surface area contributed by atoms with Gasteiger partial charge in [-0.25, -0.2) is 4.39 Å². The lowest BCUT2D eigenvalue weighted by Gasteiger charge is -2.53. The third-order valence-electron chi connectivity index (χ3n) is 10.5. The number of aromatic hydroxyl groups is 1. The zero-order valence-corrected chi connectivity index (χ0v) is 25.3. The normalized spacial score (nSPS) is 31.8. The number of fused-ring (bicyclic) bond motifs is 5. The number of benzene rings is 1. The highest BCUT2D eigenvalue weighted by atomic mass is 32.2. The van der Waals surface area contributed by atoms with E-state index in [0.717, 1.165) is 64.2 Å². The van der Waals surface area contributed by atoms with Crippen LogP contribution < -0.4 is 0 Å². The molecule has 10 heteroatoms. The Morgan fingerprint density at radius 1 is 0.976 bits per heavy atom. The van der Waals surface area contributed by atoms with Crippen LogP contribution in [0, 0.1) is 23.2 Å². The van der Waals surface area contributed by atoms with E-state index in [2.05, 4.69) is 6.92 Å². The van der Waals surface area contributed by atoms with Crippen molar-refractivity contribution in [3.63, 3.8) is 0 Å². The summed E-state index contributed by atoms with van der Waals surface area (Å²) in [6.07, 6.45) is 1.38. The highest BCUT2D eigenvalue weighted by Gasteiger charge is 2.60. The van der Waals surface area contributed by atoms with Crippen LogP contribution >= 0.6 is 0 Å². The molecule has 0 heterocycles. The molecule has 0 amide bonds. The van der Waals surface area contributed by atoms with Crippen molar-refractivity contribution in [2.75, 3.05) is 11.5 Å². The lowest BCUT2D eigenvalue weighted by molar-refractivity contribution is -0.284. The molecule has 0 aromatic heterocycles. The molecule has 0 saturated heterocycles. The minimum atomic E-state index is -5.56. The van der Waals surface area contributed by atoms with Crippen LogP contribution in [0.1, 0.15) is 107 Å². The summed E-state index contributed by atoms with van der Waals surface area (Å²) < 4.78 is 89.3. The van der Waals surface area contributed by atoms with Crippen LogP contribution in [-0.4, -0.2) is 50.3 Å². The number of hydrogen-bond donors (Lipinski definition) is 2. The van der Waals surface area contributed by atoms with Gasteiger partial charge in [-0.2, -0.15) is 22.0 Å². The summed E-state index contributed by atoms with van der Waals surface area (Å²) in [6, 6.07) is 5.68. The molecule has 8 atom stereocenters. The van der Waals surface area contributed by atoms with Crippen molar-refractivity contribution in [2.24, 2.45) is 23.2 Å². The van der Waals surface area contributed by atoms with E-state index in [1.807, 2.05) is 12.1 Å². The monoisotopic (exact) mass is 624 g/mol. The van der Waals surface area contributed by atoms with Gasteiger partial charge in [0.25, 0.3) is 0 Å². The minimum Gasteiger partial charge on any atom is -0.508 e. The standard InChI is InChI=1S/C32H46F6O3S/c1-30-15-13-25-24-12-11-23(39)19-22(24)18-21(28(25)26(30)20-27(33)29(30)40)10-7-5-3-2-4-6-8-16-42(41)17-9-14-31(34,35)32(36,37)38/h11-12,19,21,25-29,39-40H,2-10,13-18,20H2,1H3/t21-,25-,26+,27-,28-,29+,30+,42?/m1/s1. The van der Waals surface area contributed by atoms with Gasteiger partial charge in [0.1, 0.15) is 11.9 Å². The fraction of sp³-hybridized carbons (Fsp3) is 0.812. The Labute approximate surface area is 248 Å². The summed E-state index contributed by atoms with van der Waals surface area (Å²) in [6.45, 7) is 2.07. The summed E-state index contributed by atoms with van der Waals surface area (Å²) >= 11 is 0. The average Bonchev–Trinajstić information content (AvgIpc) is 3.14. The lowest BCUT2D eigenvalue weighted by Crippen LogP contribution is -2.47. The summed E-state index contributed by atoms with van der Waals surface area (Å²) in [7, 11) is -1.38. The van der Waals surface area contributed by atoms with Gasteiger partial charge >= 0.3 is 12.1 Å². The van der Waals surface area contributed by atoms with Crippen LogP contribution in [0.4, 0.5) is 26.3 Å². The maximum Gasteiger partial charge on any atom is 0.453 e. The smallest absolute Gasteiger partial charge is 0.453 e. The van der Waals surface area contributed by atoms with Crippen molar-refractivity contribution < 1.29 is 40.8 Å². The van der Waals surface area contributed by atoms with Crippen LogP contribution in [0.5, 0.6) is 5.75 Å². The molecule has 0 aliphatic heterocycles. The van der Waals surface area contributed by atoms with E-state index in [1.54, 1.807) is 6.07 Å². The molecule has 0 radical (unpaired) electrons. The van der Waals surface area contributed by atoms with Gasteiger partial charge in [0.05, 0.1) is 6.10 Å². The van der Waals surface area contributed by atoms with E-state index in [0.29, 0.717) is 36.3 Å². The highest BCUT2D eigenvalue weighted by Crippen LogP contribution is 2.63. The molecule has 0 spiro atoms. The van der Waals surface area contributed by atoms with Gasteiger partial charge in [0, 0.05) is 28.7 Å². The second-order valence-corrected chi connectivity index (χ2v) is 15.0. The first-order chi connectivity index (χ1) is 19.7.